The topological polar surface area (TPSA) is 85.5 Å². The zero-order valence-electron chi connectivity index (χ0n) is 19.0. The highest BCUT2D eigenvalue weighted by atomic mass is 19.4. The number of benzene rings is 2. The van der Waals surface area contributed by atoms with Crippen molar-refractivity contribution < 1.29 is 40.7 Å². The fraction of sp³-hybridized carbons (Fsp3) is 0.240. The molecule has 12 heteroatoms. The average molecular weight is 523 g/mol. The van der Waals surface area contributed by atoms with Crippen molar-refractivity contribution in [2.24, 2.45) is 5.73 Å². The number of aromatic nitrogens is 1. The van der Waals surface area contributed by atoms with E-state index in [0.29, 0.717) is 23.3 Å². The molecule has 2 aromatic carbocycles. The Bertz CT molecular complexity index is 1310. The number of amides is 2. The Morgan fingerprint density at radius 1 is 0.973 bits per heavy atom. The maximum Gasteiger partial charge on any atom is 0.416 e. The molecule has 2 N–H and O–H groups in total. The van der Waals surface area contributed by atoms with Gasteiger partial charge in [0.25, 0.3) is 11.8 Å². The van der Waals surface area contributed by atoms with Gasteiger partial charge < -0.3 is 15.4 Å². The van der Waals surface area contributed by atoms with E-state index in [-0.39, 0.29) is 54.9 Å². The number of carbonyl (C=O) groups is 2. The van der Waals surface area contributed by atoms with E-state index in [1.54, 1.807) is 30.3 Å². The Kier molecular flexibility index (Phi) is 6.85. The second-order valence-corrected chi connectivity index (χ2v) is 8.27. The standard InChI is InChI=1S/C25H19F6N3O3/c26-24(27,28)16-10-14(11-17(12-16)25(29,30)31)6-7-34-8-9-37-22-20(23(34)36)18(13-19(33-22)21(32)35)15-4-2-1-3-5-15/h1-5,10-13H,6-9H2,(H2,32,35). The molecular weight excluding hydrogens is 504 g/mol. The summed E-state index contributed by atoms with van der Waals surface area (Å²) >= 11 is 0. The molecule has 1 aromatic heterocycles. The fourth-order valence-electron chi connectivity index (χ4n) is 3.96. The molecule has 3 aromatic rings. The van der Waals surface area contributed by atoms with Gasteiger partial charge >= 0.3 is 12.4 Å². The van der Waals surface area contributed by atoms with E-state index in [2.05, 4.69) is 4.98 Å². The lowest BCUT2D eigenvalue weighted by molar-refractivity contribution is -0.143. The molecule has 0 unspecified atom stereocenters. The number of nitrogens with zero attached hydrogens (tertiary/aromatic N) is 2. The van der Waals surface area contributed by atoms with E-state index in [1.165, 1.54) is 11.0 Å². The number of ether oxygens (including phenoxy) is 1. The predicted octanol–water partition coefficient (Wildman–Crippen LogP) is 4.96. The number of rotatable bonds is 5. The van der Waals surface area contributed by atoms with Gasteiger partial charge in [0.05, 0.1) is 17.7 Å². The molecule has 0 bridgehead atoms. The molecule has 0 saturated heterocycles. The molecule has 1 aliphatic heterocycles. The van der Waals surface area contributed by atoms with E-state index >= 15 is 0 Å². The quantitative estimate of drug-likeness (QED) is 0.479. The molecule has 6 nitrogen and oxygen atoms in total. The normalized spacial score (nSPS) is 14.1. The lowest BCUT2D eigenvalue weighted by Crippen LogP contribution is -2.34. The zero-order valence-corrected chi connectivity index (χ0v) is 19.0. The van der Waals surface area contributed by atoms with Gasteiger partial charge in [-0.3, -0.25) is 9.59 Å². The van der Waals surface area contributed by atoms with E-state index in [4.69, 9.17) is 10.5 Å². The molecule has 0 aliphatic carbocycles. The van der Waals surface area contributed by atoms with Crippen LogP contribution < -0.4 is 10.5 Å². The Balaban J connectivity index is 1.69. The zero-order chi connectivity index (χ0) is 27.0. The molecule has 0 saturated carbocycles. The summed E-state index contributed by atoms with van der Waals surface area (Å²) in [4.78, 5) is 30.6. The van der Waals surface area contributed by atoms with Crippen LogP contribution in [0, 0.1) is 0 Å². The van der Waals surface area contributed by atoms with Gasteiger partial charge in [-0.15, -0.1) is 0 Å². The number of primary amides is 1. The average Bonchev–Trinajstić information content (AvgIpc) is 3.00. The number of hydrogen-bond donors (Lipinski definition) is 1. The molecule has 0 atom stereocenters. The first-order valence-electron chi connectivity index (χ1n) is 11.0. The number of hydrogen-bond acceptors (Lipinski definition) is 4. The van der Waals surface area contributed by atoms with Crippen molar-refractivity contribution in [3.8, 4) is 17.0 Å². The van der Waals surface area contributed by atoms with Crippen molar-refractivity contribution in [2.45, 2.75) is 18.8 Å². The van der Waals surface area contributed by atoms with Gasteiger partial charge in [-0.05, 0) is 41.8 Å². The maximum absolute atomic E-state index is 13.5. The summed E-state index contributed by atoms with van der Waals surface area (Å²) in [6.07, 6.45) is -10.2. The SMILES string of the molecule is NC(=O)c1cc(-c2ccccc2)c2c(n1)OCCN(CCc1cc(C(F)(F)F)cc(C(F)(F)F)c1)C2=O. The summed E-state index contributed by atoms with van der Waals surface area (Å²) in [5.74, 6) is -1.58. The predicted molar refractivity (Wildman–Crippen MR) is 120 cm³/mol. The first-order chi connectivity index (χ1) is 17.3. The van der Waals surface area contributed by atoms with Crippen LogP contribution in [0.3, 0.4) is 0 Å². The van der Waals surface area contributed by atoms with Crippen LogP contribution in [0.2, 0.25) is 0 Å². The molecule has 0 spiro atoms. The monoisotopic (exact) mass is 523 g/mol. The number of carbonyl (C=O) groups excluding carboxylic acids is 2. The highest BCUT2D eigenvalue weighted by molar-refractivity contribution is 6.05. The van der Waals surface area contributed by atoms with Gasteiger partial charge in [-0.2, -0.15) is 26.3 Å². The van der Waals surface area contributed by atoms with Crippen LogP contribution in [-0.2, 0) is 18.8 Å². The summed E-state index contributed by atoms with van der Waals surface area (Å²) in [6, 6.07) is 11.2. The van der Waals surface area contributed by atoms with Gasteiger partial charge in [-0.1, -0.05) is 30.3 Å². The van der Waals surface area contributed by atoms with E-state index in [1.807, 2.05) is 0 Å². The second-order valence-electron chi connectivity index (χ2n) is 8.27. The summed E-state index contributed by atoms with van der Waals surface area (Å²) in [5, 5.41) is 0. The van der Waals surface area contributed by atoms with E-state index < -0.39 is 35.3 Å². The van der Waals surface area contributed by atoms with Crippen LogP contribution in [0.4, 0.5) is 26.3 Å². The molecule has 0 radical (unpaired) electrons. The largest absolute Gasteiger partial charge is 0.475 e. The third-order valence-electron chi connectivity index (χ3n) is 5.74. The molecule has 37 heavy (non-hydrogen) atoms. The molecule has 2 heterocycles. The highest BCUT2D eigenvalue weighted by Crippen LogP contribution is 2.37. The number of halogens is 6. The van der Waals surface area contributed by atoms with Crippen molar-refractivity contribution >= 4 is 11.8 Å². The first-order valence-corrected chi connectivity index (χ1v) is 11.0. The van der Waals surface area contributed by atoms with Crippen molar-refractivity contribution in [3.05, 3.63) is 82.5 Å². The summed E-state index contributed by atoms with van der Waals surface area (Å²) < 4.78 is 84.9. The molecule has 4 rings (SSSR count). The Morgan fingerprint density at radius 2 is 1.59 bits per heavy atom. The lowest BCUT2D eigenvalue weighted by atomic mass is 9.98. The second kappa shape index (κ2) is 9.75. The van der Waals surface area contributed by atoms with Crippen LogP contribution in [0.15, 0.2) is 54.6 Å². The van der Waals surface area contributed by atoms with Gasteiger partial charge in [0.1, 0.15) is 17.9 Å². The smallest absolute Gasteiger partial charge is 0.416 e. The van der Waals surface area contributed by atoms with Crippen LogP contribution >= 0.6 is 0 Å². The summed E-state index contributed by atoms with van der Waals surface area (Å²) in [7, 11) is 0. The van der Waals surface area contributed by atoms with Crippen molar-refractivity contribution in [2.75, 3.05) is 19.7 Å². The first kappa shape index (κ1) is 26.0. The van der Waals surface area contributed by atoms with Crippen molar-refractivity contribution in [1.82, 2.24) is 9.88 Å². The maximum atomic E-state index is 13.5. The Morgan fingerprint density at radius 3 is 2.16 bits per heavy atom. The molecule has 1 aliphatic rings. The van der Waals surface area contributed by atoms with Crippen molar-refractivity contribution in [1.29, 1.82) is 0 Å². The van der Waals surface area contributed by atoms with Crippen LogP contribution in [0.25, 0.3) is 11.1 Å². The van der Waals surface area contributed by atoms with Gasteiger partial charge in [0.15, 0.2) is 0 Å². The third kappa shape index (κ3) is 5.68. The van der Waals surface area contributed by atoms with Gasteiger partial charge in [0, 0.05) is 12.1 Å². The minimum Gasteiger partial charge on any atom is -0.475 e. The third-order valence-corrected chi connectivity index (χ3v) is 5.74. The number of pyridine rings is 1. The Hall–Kier alpha value is -4.09. The minimum absolute atomic E-state index is 0.00808. The van der Waals surface area contributed by atoms with E-state index in [9.17, 15) is 35.9 Å². The van der Waals surface area contributed by atoms with Gasteiger partial charge in [-0.25, -0.2) is 4.98 Å². The van der Waals surface area contributed by atoms with Gasteiger partial charge in [0.2, 0.25) is 5.88 Å². The molecule has 2 amide bonds. The lowest BCUT2D eigenvalue weighted by Gasteiger charge is -2.22. The molecular formula is C25H19F6N3O3. The minimum atomic E-state index is -4.98. The number of nitrogens with two attached hydrogens (primary N) is 1. The van der Waals surface area contributed by atoms with E-state index in [0.717, 1.165) is 0 Å². The molecule has 0 fully saturated rings. The number of alkyl halides is 6. The number of fused-ring (bicyclic) bond motifs is 1. The van der Waals surface area contributed by atoms with Crippen LogP contribution in [-0.4, -0.2) is 41.4 Å². The highest BCUT2D eigenvalue weighted by Gasteiger charge is 2.37. The Labute approximate surface area is 206 Å². The fourth-order valence-corrected chi connectivity index (χ4v) is 3.96. The summed E-state index contributed by atoms with van der Waals surface area (Å²) in [5.41, 5.74) is 3.02. The summed E-state index contributed by atoms with van der Waals surface area (Å²) in [6.45, 7) is -0.273. The van der Waals surface area contributed by atoms with Crippen molar-refractivity contribution in [3.63, 3.8) is 0 Å². The van der Waals surface area contributed by atoms with Crippen LogP contribution in [0.1, 0.15) is 37.5 Å². The van der Waals surface area contributed by atoms with Crippen LogP contribution in [0.5, 0.6) is 5.88 Å². The molecule has 194 valence electrons.